The van der Waals surface area contributed by atoms with Crippen LogP contribution in [0.1, 0.15) is 0 Å². The molecule has 0 saturated heterocycles. The molecule has 0 aliphatic heterocycles. The van der Waals surface area contributed by atoms with E-state index in [-0.39, 0.29) is 23.0 Å². The monoisotopic (exact) mass is 316 g/mol. The van der Waals surface area contributed by atoms with Gasteiger partial charge in [-0.3, -0.25) is 0 Å². The molecule has 0 spiro atoms. The number of aromatic nitrogens is 2. The summed E-state index contributed by atoms with van der Waals surface area (Å²) in [4.78, 5) is 7.84. The van der Waals surface area contributed by atoms with Crippen LogP contribution in [0.3, 0.4) is 0 Å². The van der Waals surface area contributed by atoms with Gasteiger partial charge in [0, 0.05) is 6.07 Å². The maximum Gasteiger partial charge on any atom is 0.149 e. The fourth-order valence-electron chi connectivity index (χ4n) is 1.94. The molecule has 0 atom stereocenters. The van der Waals surface area contributed by atoms with Crippen molar-refractivity contribution < 1.29 is 13.2 Å². The lowest BCUT2D eigenvalue weighted by molar-refractivity contribution is 0.590. The number of hydrogen-bond acceptors (Lipinski definition) is 4. The fraction of sp³-hybridized carbons (Fsp3) is 0. The molecule has 23 heavy (non-hydrogen) atoms. The predicted octanol–water partition coefficient (Wildman–Crippen LogP) is 4.38. The van der Waals surface area contributed by atoms with Crippen molar-refractivity contribution in [3.05, 3.63) is 72.3 Å². The summed E-state index contributed by atoms with van der Waals surface area (Å²) in [6.45, 7) is 0. The number of para-hydroxylation sites is 2. The lowest BCUT2D eigenvalue weighted by atomic mass is 10.3. The van der Waals surface area contributed by atoms with Gasteiger partial charge in [0.25, 0.3) is 0 Å². The Balaban J connectivity index is 1.84. The second kappa shape index (κ2) is 6.35. The summed E-state index contributed by atoms with van der Waals surface area (Å²) in [5.74, 6) is -1.48. The standard InChI is InChI=1S/C16H11F3N4/c17-10-4-1-2-7-13(10)22-14-8-15(21-9-20-14)23-16-11(18)5-3-6-12(16)19/h1-9H,(H2,20,21,22,23). The summed E-state index contributed by atoms with van der Waals surface area (Å²) >= 11 is 0. The van der Waals surface area contributed by atoms with Gasteiger partial charge in [0.1, 0.15) is 41.1 Å². The smallest absolute Gasteiger partial charge is 0.149 e. The van der Waals surface area contributed by atoms with Gasteiger partial charge in [-0.05, 0) is 24.3 Å². The molecule has 0 amide bonds. The van der Waals surface area contributed by atoms with E-state index in [4.69, 9.17) is 0 Å². The first-order valence-corrected chi connectivity index (χ1v) is 6.68. The normalized spacial score (nSPS) is 10.4. The summed E-state index contributed by atoms with van der Waals surface area (Å²) in [6, 6.07) is 11.0. The first-order chi connectivity index (χ1) is 11.1. The Kier molecular flexibility index (Phi) is 4.09. The number of halogens is 3. The van der Waals surface area contributed by atoms with Crippen LogP contribution in [-0.2, 0) is 0 Å². The highest BCUT2D eigenvalue weighted by Crippen LogP contribution is 2.24. The Morgan fingerprint density at radius 2 is 1.30 bits per heavy atom. The molecule has 7 heteroatoms. The molecule has 0 unspecified atom stereocenters. The zero-order valence-electron chi connectivity index (χ0n) is 11.7. The Morgan fingerprint density at radius 3 is 2.00 bits per heavy atom. The highest BCUT2D eigenvalue weighted by molar-refractivity contribution is 5.63. The predicted molar refractivity (Wildman–Crippen MR) is 81.4 cm³/mol. The average molecular weight is 316 g/mol. The molecule has 2 N–H and O–H groups in total. The third-order valence-electron chi connectivity index (χ3n) is 3.02. The summed E-state index contributed by atoms with van der Waals surface area (Å²) in [5, 5.41) is 5.32. The Bertz CT molecular complexity index is 819. The molecule has 0 fully saturated rings. The molecule has 0 aliphatic rings. The SMILES string of the molecule is Fc1ccccc1Nc1cc(Nc2c(F)cccc2F)ncn1. The molecule has 3 aromatic rings. The molecule has 0 aliphatic carbocycles. The minimum Gasteiger partial charge on any atom is -0.338 e. The van der Waals surface area contributed by atoms with Crippen molar-refractivity contribution in [1.82, 2.24) is 9.97 Å². The molecule has 0 saturated carbocycles. The van der Waals surface area contributed by atoms with E-state index in [0.717, 1.165) is 12.1 Å². The molecule has 1 aromatic heterocycles. The van der Waals surface area contributed by atoms with Crippen LogP contribution in [0.4, 0.5) is 36.2 Å². The van der Waals surface area contributed by atoms with E-state index < -0.39 is 17.5 Å². The number of nitrogens with zero attached hydrogens (tertiary/aromatic N) is 2. The Morgan fingerprint density at radius 1 is 0.696 bits per heavy atom. The number of hydrogen-bond donors (Lipinski definition) is 2. The zero-order valence-corrected chi connectivity index (χ0v) is 11.7. The highest BCUT2D eigenvalue weighted by atomic mass is 19.1. The number of nitrogens with one attached hydrogen (secondary N) is 2. The largest absolute Gasteiger partial charge is 0.338 e. The van der Waals surface area contributed by atoms with E-state index in [1.807, 2.05) is 0 Å². The third kappa shape index (κ3) is 3.39. The quantitative estimate of drug-likeness (QED) is 0.750. The summed E-state index contributed by atoms with van der Waals surface area (Å²) in [6.07, 6.45) is 1.20. The van der Waals surface area contributed by atoms with Crippen molar-refractivity contribution in [2.45, 2.75) is 0 Å². The molecule has 4 nitrogen and oxygen atoms in total. The van der Waals surface area contributed by atoms with Gasteiger partial charge in [0.15, 0.2) is 0 Å². The molecule has 1 heterocycles. The van der Waals surface area contributed by atoms with Crippen molar-refractivity contribution in [2.75, 3.05) is 10.6 Å². The van der Waals surface area contributed by atoms with E-state index in [1.165, 1.54) is 24.5 Å². The van der Waals surface area contributed by atoms with Crippen molar-refractivity contribution in [3.63, 3.8) is 0 Å². The van der Waals surface area contributed by atoms with Crippen LogP contribution in [0.25, 0.3) is 0 Å². The second-order valence-electron chi connectivity index (χ2n) is 4.61. The minimum absolute atomic E-state index is 0.169. The number of benzene rings is 2. The van der Waals surface area contributed by atoms with Crippen LogP contribution in [0.2, 0.25) is 0 Å². The first kappa shape index (κ1) is 14.8. The maximum absolute atomic E-state index is 13.6. The van der Waals surface area contributed by atoms with E-state index in [9.17, 15) is 13.2 Å². The average Bonchev–Trinajstić information content (AvgIpc) is 2.54. The van der Waals surface area contributed by atoms with Gasteiger partial charge in [0.05, 0.1) is 5.69 Å². The van der Waals surface area contributed by atoms with Gasteiger partial charge in [-0.25, -0.2) is 23.1 Å². The fourth-order valence-corrected chi connectivity index (χ4v) is 1.94. The minimum atomic E-state index is -0.743. The number of rotatable bonds is 4. The first-order valence-electron chi connectivity index (χ1n) is 6.68. The van der Waals surface area contributed by atoms with Crippen LogP contribution in [0.5, 0.6) is 0 Å². The van der Waals surface area contributed by atoms with Crippen LogP contribution < -0.4 is 10.6 Å². The summed E-state index contributed by atoms with van der Waals surface area (Å²) in [5.41, 5.74) is -0.0859. The Hall–Kier alpha value is -3.09. The second-order valence-corrected chi connectivity index (χ2v) is 4.61. The van der Waals surface area contributed by atoms with Crippen molar-refractivity contribution in [3.8, 4) is 0 Å². The van der Waals surface area contributed by atoms with Gasteiger partial charge in [-0.1, -0.05) is 18.2 Å². The molecule has 116 valence electrons. The lowest BCUT2D eigenvalue weighted by Crippen LogP contribution is -2.02. The van der Waals surface area contributed by atoms with Crippen LogP contribution in [-0.4, -0.2) is 9.97 Å². The molecular formula is C16H11F3N4. The Labute approximate surface area is 130 Å². The van der Waals surface area contributed by atoms with Crippen molar-refractivity contribution >= 4 is 23.0 Å². The van der Waals surface area contributed by atoms with E-state index in [1.54, 1.807) is 18.2 Å². The molecule has 0 radical (unpaired) electrons. The molecule has 2 aromatic carbocycles. The van der Waals surface area contributed by atoms with Crippen LogP contribution >= 0.6 is 0 Å². The summed E-state index contributed by atoms with van der Waals surface area (Å²) in [7, 11) is 0. The van der Waals surface area contributed by atoms with Gasteiger partial charge in [0.2, 0.25) is 0 Å². The van der Waals surface area contributed by atoms with Crippen LogP contribution in [0.15, 0.2) is 54.9 Å². The van der Waals surface area contributed by atoms with Gasteiger partial charge in [-0.2, -0.15) is 0 Å². The van der Waals surface area contributed by atoms with E-state index in [2.05, 4.69) is 20.6 Å². The van der Waals surface area contributed by atoms with Gasteiger partial charge >= 0.3 is 0 Å². The molecular weight excluding hydrogens is 305 g/mol. The summed E-state index contributed by atoms with van der Waals surface area (Å²) < 4.78 is 40.9. The molecule has 0 bridgehead atoms. The zero-order chi connectivity index (χ0) is 16.2. The van der Waals surface area contributed by atoms with Crippen LogP contribution in [0, 0.1) is 17.5 Å². The maximum atomic E-state index is 13.6. The van der Waals surface area contributed by atoms with Gasteiger partial charge in [-0.15, -0.1) is 0 Å². The van der Waals surface area contributed by atoms with E-state index in [0.29, 0.717) is 0 Å². The van der Waals surface area contributed by atoms with E-state index >= 15 is 0 Å². The van der Waals surface area contributed by atoms with Gasteiger partial charge < -0.3 is 10.6 Å². The highest BCUT2D eigenvalue weighted by Gasteiger charge is 2.10. The number of anilines is 4. The molecule has 3 rings (SSSR count). The topological polar surface area (TPSA) is 49.8 Å². The van der Waals surface area contributed by atoms with Crippen molar-refractivity contribution in [2.24, 2.45) is 0 Å². The lowest BCUT2D eigenvalue weighted by Gasteiger charge is -2.10. The third-order valence-corrected chi connectivity index (χ3v) is 3.02. The van der Waals surface area contributed by atoms with Crippen molar-refractivity contribution in [1.29, 1.82) is 0 Å².